The van der Waals surface area contributed by atoms with E-state index in [0.717, 1.165) is 40.9 Å². The van der Waals surface area contributed by atoms with Gasteiger partial charge in [-0.1, -0.05) is 0 Å². The first kappa shape index (κ1) is 19.4. The molecule has 1 saturated carbocycles. The summed E-state index contributed by atoms with van der Waals surface area (Å²) in [5.74, 6) is 0.991. The zero-order valence-corrected chi connectivity index (χ0v) is 17.9. The van der Waals surface area contributed by atoms with Crippen LogP contribution in [0.4, 0.5) is 0 Å². The van der Waals surface area contributed by atoms with Gasteiger partial charge in [-0.05, 0) is 45.1 Å². The van der Waals surface area contributed by atoms with Crippen LogP contribution >= 0.6 is 11.3 Å². The van der Waals surface area contributed by atoms with Gasteiger partial charge in [0.1, 0.15) is 16.1 Å². The van der Waals surface area contributed by atoms with Crippen molar-refractivity contribution in [3.8, 4) is 16.5 Å². The normalized spacial score (nSPS) is 19.4. The minimum absolute atomic E-state index is 0.113. The van der Waals surface area contributed by atoms with Crippen LogP contribution in [0.2, 0.25) is 0 Å². The van der Waals surface area contributed by atoms with Crippen LogP contribution in [0.5, 0.6) is 5.88 Å². The van der Waals surface area contributed by atoms with Crippen molar-refractivity contribution in [2.45, 2.75) is 51.2 Å². The molecule has 0 radical (unpaired) electrons. The van der Waals surface area contributed by atoms with E-state index in [2.05, 4.69) is 19.9 Å². The number of fused-ring (bicyclic) bond motifs is 1. The summed E-state index contributed by atoms with van der Waals surface area (Å²) in [4.78, 5) is 26.1. The van der Waals surface area contributed by atoms with Crippen molar-refractivity contribution in [1.29, 1.82) is 0 Å². The number of hydrogen-bond acceptors (Lipinski definition) is 7. The van der Waals surface area contributed by atoms with Gasteiger partial charge in [-0.25, -0.2) is 15.0 Å². The maximum absolute atomic E-state index is 11.4. The Labute approximate surface area is 178 Å². The molecule has 1 atom stereocenters. The Kier molecular flexibility index (Phi) is 4.74. The lowest BCUT2D eigenvalue weighted by Crippen LogP contribution is -2.14. The number of hydrogen-bond donors (Lipinski definition) is 2. The number of nitrogens with one attached hydrogen (secondary N) is 1. The zero-order valence-electron chi connectivity index (χ0n) is 17.1. The Balaban J connectivity index is 1.46. The fourth-order valence-corrected chi connectivity index (χ4v) is 4.63. The summed E-state index contributed by atoms with van der Waals surface area (Å²) in [5.41, 5.74) is 1.52. The Hall–Kier alpha value is -2.52. The number of ether oxygens (including phenoxy) is 1. The average Bonchev–Trinajstić information content (AvgIpc) is 3.09. The van der Waals surface area contributed by atoms with E-state index >= 15 is 0 Å². The Morgan fingerprint density at radius 2 is 2.20 bits per heavy atom. The molecule has 1 saturated heterocycles. The number of aliphatic hydroxyl groups is 1. The maximum atomic E-state index is 11.4. The standard InChI is InChI=1S/C21H25N5O3S/c1-21(2,28)20-23-10-16(30-20)14-8-15-18(26(11-24-15)13-3-4-13)19(25-14)29-6-5-12-7-17(27)22-9-12/h8,10-13,28H,3-7,9H2,1-2H3,(H,22,27)/t12-/m1/s1. The molecule has 3 aromatic rings. The second kappa shape index (κ2) is 7.31. The van der Waals surface area contributed by atoms with E-state index in [-0.39, 0.29) is 5.91 Å². The SMILES string of the molecule is CC(C)(O)c1ncc(-c2cc3ncn(C4CC4)c3c(OCC[C@H]3CNC(=O)C3)n2)s1. The Bertz CT molecular complexity index is 1100. The second-order valence-corrected chi connectivity index (χ2v) is 9.69. The molecule has 158 valence electrons. The lowest BCUT2D eigenvalue weighted by Gasteiger charge is -2.13. The minimum atomic E-state index is -0.993. The van der Waals surface area contributed by atoms with Crippen LogP contribution in [0.15, 0.2) is 18.6 Å². The number of aromatic nitrogens is 4. The van der Waals surface area contributed by atoms with Gasteiger partial charge in [-0.3, -0.25) is 4.79 Å². The Morgan fingerprint density at radius 1 is 1.37 bits per heavy atom. The molecule has 1 aliphatic heterocycles. The fraction of sp³-hybridized carbons (Fsp3) is 0.524. The van der Waals surface area contributed by atoms with E-state index < -0.39 is 5.60 Å². The van der Waals surface area contributed by atoms with E-state index in [9.17, 15) is 9.90 Å². The molecular formula is C21H25N5O3S. The largest absolute Gasteiger partial charge is 0.476 e. The van der Waals surface area contributed by atoms with Gasteiger partial charge in [-0.2, -0.15) is 0 Å². The molecule has 5 rings (SSSR count). The highest BCUT2D eigenvalue weighted by molar-refractivity contribution is 7.15. The molecule has 0 unspecified atom stereocenters. The van der Waals surface area contributed by atoms with E-state index in [1.807, 2.05) is 12.4 Å². The molecule has 8 nitrogen and oxygen atoms in total. The molecule has 2 aliphatic rings. The van der Waals surface area contributed by atoms with Gasteiger partial charge in [0.2, 0.25) is 11.8 Å². The van der Waals surface area contributed by atoms with Gasteiger partial charge >= 0.3 is 0 Å². The Morgan fingerprint density at radius 3 is 2.87 bits per heavy atom. The maximum Gasteiger partial charge on any atom is 0.240 e. The summed E-state index contributed by atoms with van der Waals surface area (Å²) < 4.78 is 8.32. The number of amides is 1. The van der Waals surface area contributed by atoms with E-state index in [4.69, 9.17) is 9.72 Å². The molecule has 0 spiro atoms. The van der Waals surface area contributed by atoms with Crippen LogP contribution in [0.3, 0.4) is 0 Å². The molecule has 0 aromatic carbocycles. The van der Waals surface area contributed by atoms with Crippen LogP contribution in [-0.4, -0.2) is 43.7 Å². The average molecular weight is 428 g/mol. The summed E-state index contributed by atoms with van der Waals surface area (Å²) in [5, 5.41) is 13.8. The van der Waals surface area contributed by atoms with Crippen molar-refractivity contribution in [2.24, 2.45) is 5.92 Å². The topological polar surface area (TPSA) is 102 Å². The van der Waals surface area contributed by atoms with Crippen molar-refractivity contribution < 1.29 is 14.6 Å². The van der Waals surface area contributed by atoms with Crippen LogP contribution in [-0.2, 0) is 10.4 Å². The minimum Gasteiger partial charge on any atom is -0.476 e. The van der Waals surface area contributed by atoms with Crippen molar-refractivity contribution in [1.82, 2.24) is 24.8 Å². The molecule has 4 heterocycles. The van der Waals surface area contributed by atoms with Gasteiger partial charge in [0.25, 0.3) is 0 Å². The number of pyridine rings is 1. The fourth-order valence-electron chi connectivity index (χ4n) is 3.75. The summed E-state index contributed by atoms with van der Waals surface area (Å²) >= 11 is 1.42. The molecule has 1 aliphatic carbocycles. The van der Waals surface area contributed by atoms with E-state index in [1.54, 1.807) is 20.0 Å². The summed E-state index contributed by atoms with van der Waals surface area (Å²) in [7, 11) is 0. The lowest BCUT2D eigenvalue weighted by molar-refractivity contribution is -0.119. The summed E-state index contributed by atoms with van der Waals surface area (Å²) in [6, 6.07) is 2.43. The molecule has 30 heavy (non-hydrogen) atoms. The summed E-state index contributed by atoms with van der Waals surface area (Å²) in [6.07, 6.45) is 7.26. The number of imidazole rings is 1. The molecular weight excluding hydrogens is 402 g/mol. The van der Waals surface area contributed by atoms with Crippen LogP contribution in [0, 0.1) is 5.92 Å². The number of thiazole rings is 1. The first-order valence-corrected chi connectivity index (χ1v) is 11.2. The van der Waals surface area contributed by atoms with Crippen molar-refractivity contribution in [3.63, 3.8) is 0 Å². The van der Waals surface area contributed by atoms with Gasteiger partial charge in [0.15, 0.2) is 0 Å². The smallest absolute Gasteiger partial charge is 0.240 e. The van der Waals surface area contributed by atoms with Gasteiger partial charge < -0.3 is 19.7 Å². The number of nitrogens with zero attached hydrogens (tertiary/aromatic N) is 4. The van der Waals surface area contributed by atoms with Crippen molar-refractivity contribution in [3.05, 3.63) is 23.6 Å². The van der Waals surface area contributed by atoms with Crippen LogP contribution < -0.4 is 10.1 Å². The molecule has 2 N–H and O–H groups in total. The van der Waals surface area contributed by atoms with Crippen molar-refractivity contribution >= 4 is 28.3 Å². The van der Waals surface area contributed by atoms with Gasteiger partial charge in [-0.15, -0.1) is 11.3 Å². The zero-order chi connectivity index (χ0) is 20.9. The predicted molar refractivity (Wildman–Crippen MR) is 113 cm³/mol. The quantitative estimate of drug-likeness (QED) is 0.601. The number of carbonyl (C=O) groups excluding carboxylic acids is 1. The molecule has 3 aromatic heterocycles. The molecule has 2 fully saturated rings. The summed E-state index contributed by atoms with van der Waals surface area (Å²) in [6.45, 7) is 4.66. The van der Waals surface area contributed by atoms with Crippen LogP contribution in [0.25, 0.3) is 21.6 Å². The van der Waals surface area contributed by atoms with E-state index in [0.29, 0.717) is 42.4 Å². The van der Waals surface area contributed by atoms with Crippen molar-refractivity contribution in [2.75, 3.05) is 13.2 Å². The number of rotatable bonds is 7. The van der Waals surface area contributed by atoms with Gasteiger partial charge in [0, 0.05) is 25.2 Å². The molecule has 0 bridgehead atoms. The lowest BCUT2D eigenvalue weighted by atomic mass is 10.1. The van der Waals surface area contributed by atoms with Crippen LogP contribution in [0.1, 0.15) is 50.6 Å². The highest BCUT2D eigenvalue weighted by atomic mass is 32.1. The monoisotopic (exact) mass is 427 g/mol. The highest BCUT2D eigenvalue weighted by Crippen LogP contribution is 2.40. The third-order valence-electron chi connectivity index (χ3n) is 5.57. The third kappa shape index (κ3) is 3.79. The number of carbonyl (C=O) groups is 1. The first-order chi connectivity index (χ1) is 14.4. The predicted octanol–water partition coefficient (Wildman–Crippen LogP) is 3.02. The molecule has 1 amide bonds. The second-order valence-electron chi connectivity index (χ2n) is 8.66. The highest BCUT2D eigenvalue weighted by Gasteiger charge is 2.28. The van der Waals surface area contributed by atoms with Gasteiger partial charge in [0.05, 0.1) is 29.0 Å². The van der Waals surface area contributed by atoms with E-state index in [1.165, 1.54) is 11.3 Å². The first-order valence-electron chi connectivity index (χ1n) is 10.3. The third-order valence-corrected chi connectivity index (χ3v) is 6.90. The molecule has 9 heteroatoms.